The van der Waals surface area contributed by atoms with Crippen LogP contribution in [0.5, 0.6) is 0 Å². The molecule has 0 bridgehead atoms. The summed E-state index contributed by atoms with van der Waals surface area (Å²) < 4.78 is 0. The van der Waals surface area contributed by atoms with Crippen molar-refractivity contribution in [2.24, 2.45) is 17.4 Å². The number of carbonyl (C=O) groups excluding carboxylic acids is 2. The number of anilines is 1. The molecule has 1 aromatic rings. The van der Waals surface area contributed by atoms with Crippen molar-refractivity contribution >= 4 is 42.3 Å². The molecule has 1 saturated heterocycles. The number of primary amides is 1. The summed E-state index contributed by atoms with van der Waals surface area (Å²) in [6.45, 7) is 3.31. The second-order valence-corrected chi connectivity index (χ2v) is 7.15. The van der Waals surface area contributed by atoms with Crippen molar-refractivity contribution in [2.45, 2.75) is 51.5 Å². The fourth-order valence-electron chi connectivity index (χ4n) is 3.39. The van der Waals surface area contributed by atoms with Gasteiger partial charge in [-0.2, -0.15) is 0 Å². The van der Waals surface area contributed by atoms with Crippen LogP contribution in [0.2, 0.25) is 0 Å². The first-order chi connectivity index (χ1) is 12.6. The molecule has 0 radical (unpaired) electrons. The van der Waals surface area contributed by atoms with Gasteiger partial charge in [0.25, 0.3) is 0 Å². The van der Waals surface area contributed by atoms with Crippen LogP contribution >= 0.6 is 24.8 Å². The summed E-state index contributed by atoms with van der Waals surface area (Å²) in [6.07, 6.45) is 6.28. The summed E-state index contributed by atoms with van der Waals surface area (Å²) in [5.41, 5.74) is 12.9. The van der Waals surface area contributed by atoms with Crippen LogP contribution in [-0.4, -0.2) is 36.3 Å². The Morgan fingerprint density at radius 3 is 2.39 bits per heavy atom. The molecule has 0 unspecified atom stereocenters. The normalized spacial score (nSPS) is 14.6. The van der Waals surface area contributed by atoms with Crippen LogP contribution < -0.4 is 16.8 Å². The van der Waals surface area contributed by atoms with E-state index in [-0.39, 0.29) is 42.5 Å². The van der Waals surface area contributed by atoms with Gasteiger partial charge in [0.2, 0.25) is 11.8 Å². The molecule has 160 valence electrons. The minimum Gasteiger partial charge on any atom is -0.369 e. The van der Waals surface area contributed by atoms with E-state index in [4.69, 9.17) is 11.5 Å². The summed E-state index contributed by atoms with van der Waals surface area (Å²) in [4.78, 5) is 25.6. The Morgan fingerprint density at radius 1 is 1.07 bits per heavy atom. The van der Waals surface area contributed by atoms with Crippen LogP contribution in [0.25, 0.3) is 0 Å². The van der Waals surface area contributed by atoms with Crippen molar-refractivity contribution in [3.05, 3.63) is 29.8 Å². The molecule has 1 aliphatic rings. The van der Waals surface area contributed by atoms with Crippen molar-refractivity contribution in [3.8, 4) is 0 Å². The number of unbranched alkanes of at least 4 members (excludes halogenated alkanes) is 3. The highest BCUT2D eigenvalue weighted by atomic mass is 35.5. The lowest BCUT2D eigenvalue weighted by atomic mass is 9.96. The minimum absolute atomic E-state index is 0. The van der Waals surface area contributed by atoms with E-state index in [1.807, 2.05) is 18.2 Å². The average Bonchev–Trinajstić information content (AvgIpc) is 2.62. The van der Waals surface area contributed by atoms with Gasteiger partial charge < -0.3 is 16.8 Å². The Morgan fingerprint density at radius 2 is 1.75 bits per heavy atom. The number of hydrogen-bond donors (Lipinski definition) is 3. The Bertz CT molecular complexity index is 593. The van der Waals surface area contributed by atoms with Gasteiger partial charge in [0.05, 0.1) is 0 Å². The first-order valence-corrected chi connectivity index (χ1v) is 9.69. The number of amides is 2. The van der Waals surface area contributed by atoms with E-state index < -0.39 is 0 Å². The minimum atomic E-state index is -0.183. The lowest BCUT2D eigenvalue weighted by molar-refractivity contribution is -0.123. The molecule has 1 aromatic carbocycles. The molecule has 8 heteroatoms. The van der Waals surface area contributed by atoms with Crippen LogP contribution in [0.4, 0.5) is 5.69 Å². The summed E-state index contributed by atoms with van der Waals surface area (Å²) in [5.74, 6) is -0.101. The molecule has 6 nitrogen and oxygen atoms in total. The fourth-order valence-corrected chi connectivity index (χ4v) is 3.39. The molecule has 0 aromatic heterocycles. The Balaban J connectivity index is 0.00000364. The molecule has 1 fully saturated rings. The zero-order valence-electron chi connectivity index (χ0n) is 16.4. The van der Waals surface area contributed by atoms with E-state index >= 15 is 0 Å². The molecular weight excluding hydrogens is 399 g/mol. The van der Waals surface area contributed by atoms with Crippen molar-refractivity contribution in [1.29, 1.82) is 0 Å². The van der Waals surface area contributed by atoms with Crippen molar-refractivity contribution < 1.29 is 9.59 Å². The fraction of sp³-hybridized carbons (Fsp3) is 0.600. The lowest BCUT2D eigenvalue weighted by Crippen LogP contribution is -2.38. The molecule has 0 atom stereocenters. The van der Waals surface area contributed by atoms with Gasteiger partial charge in [0, 0.05) is 24.6 Å². The van der Waals surface area contributed by atoms with Gasteiger partial charge in [0.1, 0.15) is 0 Å². The van der Waals surface area contributed by atoms with Gasteiger partial charge in [0.15, 0.2) is 0 Å². The first kappa shape index (κ1) is 26.7. The lowest BCUT2D eigenvalue weighted by Gasteiger charge is -2.30. The largest absolute Gasteiger partial charge is 0.369 e. The maximum Gasteiger partial charge on any atom is 0.224 e. The second kappa shape index (κ2) is 14.6. The van der Waals surface area contributed by atoms with Crippen molar-refractivity contribution in [3.63, 3.8) is 0 Å². The summed E-state index contributed by atoms with van der Waals surface area (Å²) in [6, 6.07) is 8.01. The molecule has 2 amide bonds. The predicted octanol–water partition coefficient (Wildman–Crippen LogP) is 3.08. The van der Waals surface area contributed by atoms with E-state index in [0.717, 1.165) is 70.4 Å². The third kappa shape index (κ3) is 9.73. The van der Waals surface area contributed by atoms with E-state index in [2.05, 4.69) is 16.3 Å². The highest BCUT2D eigenvalue weighted by Gasteiger charge is 2.22. The molecule has 1 aliphatic heterocycles. The number of piperidine rings is 1. The maximum atomic E-state index is 12.1. The SMILES string of the molecule is Cl.Cl.NCCCCCCC(=O)Nc1cccc(CN2CCC(C(N)=O)CC2)c1. The van der Waals surface area contributed by atoms with Crippen molar-refractivity contribution in [2.75, 3.05) is 25.0 Å². The van der Waals surface area contributed by atoms with Gasteiger partial charge >= 0.3 is 0 Å². The number of halogens is 2. The summed E-state index contributed by atoms with van der Waals surface area (Å²) in [5, 5.41) is 2.99. The molecule has 0 aliphatic carbocycles. The van der Waals surface area contributed by atoms with Gasteiger partial charge in [-0.05, 0) is 63.0 Å². The van der Waals surface area contributed by atoms with Gasteiger partial charge in [-0.3, -0.25) is 14.5 Å². The van der Waals surface area contributed by atoms with E-state index in [1.165, 1.54) is 5.56 Å². The highest BCUT2D eigenvalue weighted by Crippen LogP contribution is 2.20. The molecule has 5 N–H and O–H groups in total. The van der Waals surface area contributed by atoms with E-state index in [9.17, 15) is 9.59 Å². The van der Waals surface area contributed by atoms with Gasteiger partial charge in [-0.1, -0.05) is 25.0 Å². The van der Waals surface area contributed by atoms with E-state index in [1.54, 1.807) is 0 Å². The number of nitrogens with two attached hydrogens (primary N) is 2. The zero-order chi connectivity index (χ0) is 18.8. The van der Waals surface area contributed by atoms with Gasteiger partial charge in [-0.25, -0.2) is 0 Å². The number of rotatable bonds is 10. The summed E-state index contributed by atoms with van der Waals surface area (Å²) in [7, 11) is 0. The number of nitrogens with zero attached hydrogens (tertiary/aromatic N) is 1. The van der Waals surface area contributed by atoms with Crippen LogP contribution in [0.3, 0.4) is 0 Å². The number of benzene rings is 1. The third-order valence-electron chi connectivity index (χ3n) is 4.96. The smallest absolute Gasteiger partial charge is 0.224 e. The van der Waals surface area contributed by atoms with Crippen LogP contribution in [0.1, 0.15) is 50.5 Å². The monoisotopic (exact) mass is 432 g/mol. The topological polar surface area (TPSA) is 101 Å². The molecule has 0 spiro atoms. The number of carbonyl (C=O) groups is 2. The van der Waals surface area contributed by atoms with Crippen LogP contribution in [0.15, 0.2) is 24.3 Å². The molecule has 1 heterocycles. The second-order valence-electron chi connectivity index (χ2n) is 7.15. The van der Waals surface area contributed by atoms with Crippen molar-refractivity contribution in [1.82, 2.24) is 4.90 Å². The predicted molar refractivity (Wildman–Crippen MR) is 119 cm³/mol. The van der Waals surface area contributed by atoms with Crippen LogP contribution in [0, 0.1) is 5.92 Å². The zero-order valence-corrected chi connectivity index (χ0v) is 18.0. The Kier molecular flexibility index (Phi) is 13.9. The highest BCUT2D eigenvalue weighted by molar-refractivity contribution is 5.90. The van der Waals surface area contributed by atoms with Crippen LogP contribution in [-0.2, 0) is 16.1 Å². The average molecular weight is 433 g/mol. The first-order valence-electron chi connectivity index (χ1n) is 9.69. The number of hydrogen-bond acceptors (Lipinski definition) is 4. The van der Waals surface area contributed by atoms with Gasteiger partial charge in [-0.15, -0.1) is 24.8 Å². The maximum absolute atomic E-state index is 12.1. The number of likely N-dealkylation sites (tertiary alicyclic amines) is 1. The quantitative estimate of drug-likeness (QED) is 0.494. The third-order valence-corrected chi connectivity index (χ3v) is 4.96. The Hall–Kier alpha value is -1.34. The number of nitrogens with one attached hydrogen (secondary N) is 1. The molecular formula is C20H34Cl2N4O2. The molecule has 28 heavy (non-hydrogen) atoms. The molecule has 0 saturated carbocycles. The standard InChI is InChI=1S/C20H32N4O2.2ClH/c21-11-4-2-1-3-8-19(25)23-18-7-5-6-16(14-18)15-24-12-9-17(10-13-24)20(22)26;;/h5-7,14,17H,1-4,8-13,15,21H2,(H2,22,26)(H,23,25);2*1H. The summed E-state index contributed by atoms with van der Waals surface area (Å²) >= 11 is 0. The molecule has 2 rings (SSSR count). The Labute approximate surface area is 180 Å². The van der Waals surface area contributed by atoms with E-state index in [0.29, 0.717) is 6.42 Å².